The van der Waals surface area contributed by atoms with Gasteiger partial charge in [-0.05, 0) is 48.4 Å². The van der Waals surface area contributed by atoms with E-state index in [4.69, 9.17) is 11.6 Å². The van der Waals surface area contributed by atoms with Gasteiger partial charge >= 0.3 is 0 Å². The summed E-state index contributed by atoms with van der Waals surface area (Å²) in [5, 5.41) is 20.1. The van der Waals surface area contributed by atoms with Gasteiger partial charge in [0.05, 0.1) is 0 Å². The number of nitrogens with one attached hydrogen (secondary N) is 1. The largest absolute Gasteiger partial charge is 0.354 e. The smallest absolute Gasteiger partial charge is 0.246 e. The zero-order valence-corrected chi connectivity index (χ0v) is 15.2. The first-order valence-corrected chi connectivity index (χ1v) is 8.85. The normalized spacial score (nSPS) is 12.1. The van der Waals surface area contributed by atoms with Crippen molar-refractivity contribution >= 4 is 17.5 Å². The van der Waals surface area contributed by atoms with Gasteiger partial charge in [0.2, 0.25) is 11.7 Å². The average Bonchev–Trinajstić information content (AvgIpc) is 3.32. The zero-order chi connectivity index (χ0) is 18.4. The van der Waals surface area contributed by atoms with E-state index < -0.39 is 6.04 Å². The van der Waals surface area contributed by atoms with Crippen LogP contribution in [0.2, 0.25) is 5.02 Å². The Morgan fingerprint density at radius 2 is 2.12 bits per heavy atom. The molecule has 136 valence electrons. The molecule has 26 heavy (non-hydrogen) atoms. The molecule has 1 aromatic carbocycles. The van der Waals surface area contributed by atoms with Crippen LogP contribution in [0.4, 0.5) is 0 Å². The van der Waals surface area contributed by atoms with Crippen LogP contribution in [0.25, 0.3) is 11.4 Å². The molecule has 0 radical (unpaired) electrons. The molecule has 0 aliphatic heterocycles. The first-order valence-electron chi connectivity index (χ1n) is 8.48. The molecule has 0 saturated carbocycles. The van der Waals surface area contributed by atoms with Crippen LogP contribution >= 0.6 is 11.6 Å². The molecule has 1 atom stereocenters. The number of hydrogen-bond acceptors (Lipinski definition) is 5. The summed E-state index contributed by atoms with van der Waals surface area (Å²) in [6, 6.07) is 8.55. The summed E-state index contributed by atoms with van der Waals surface area (Å²) in [5.74, 6) is 0.347. The maximum Gasteiger partial charge on any atom is 0.246 e. The molecule has 0 aliphatic rings. The number of amides is 1. The molecule has 1 N–H and O–H groups in total. The first-order chi connectivity index (χ1) is 12.7. The summed E-state index contributed by atoms with van der Waals surface area (Å²) in [6.07, 6.45) is 5.00. The van der Waals surface area contributed by atoms with Crippen LogP contribution in [0.1, 0.15) is 25.8 Å². The third kappa shape index (κ3) is 4.45. The minimum Gasteiger partial charge on any atom is -0.354 e. The third-order valence-electron chi connectivity index (χ3n) is 3.92. The highest BCUT2D eigenvalue weighted by Gasteiger charge is 2.21. The summed E-state index contributed by atoms with van der Waals surface area (Å²) < 4.78 is 1.83. The maximum atomic E-state index is 12.4. The second-order valence-corrected chi connectivity index (χ2v) is 6.21. The van der Waals surface area contributed by atoms with E-state index in [0.29, 0.717) is 23.8 Å². The first kappa shape index (κ1) is 18.1. The van der Waals surface area contributed by atoms with Crippen molar-refractivity contribution in [3.8, 4) is 11.4 Å². The zero-order valence-electron chi connectivity index (χ0n) is 14.4. The lowest BCUT2D eigenvalue weighted by Gasteiger charge is -2.13. The van der Waals surface area contributed by atoms with Gasteiger partial charge in [0, 0.05) is 36.1 Å². The molecule has 1 unspecified atom stereocenters. The average molecular weight is 374 g/mol. The Balaban J connectivity index is 1.57. The fraction of sp³-hybridized carbons (Fsp3) is 0.353. The Kier molecular flexibility index (Phi) is 5.96. The highest BCUT2D eigenvalue weighted by atomic mass is 35.5. The van der Waals surface area contributed by atoms with Crippen molar-refractivity contribution in [1.82, 2.24) is 35.3 Å². The molecule has 9 heteroatoms. The topological polar surface area (TPSA) is 90.5 Å². The highest BCUT2D eigenvalue weighted by Crippen LogP contribution is 2.18. The van der Waals surface area contributed by atoms with E-state index in [9.17, 15) is 4.79 Å². The Morgan fingerprint density at radius 1 is 1.31 bits per heavy atom. The fourth-order valence-electron chi connectivity index (χ4n) is 2.53. The summed E-state index contributed by atoms with van der Waals surface area (Å²) >= 11 is 5.89. The monoisotopic (exact) mass is 373 g/mol. The lowest BCUT2D eigenvalue weighted by Crippen LogP contribution is -2.34. The van der Waals surface area contributed by atoms with Crippen molar-refractivity contribution in [2.24, 2.45) is 0 Å². The van der Waals surface area contributed by atoms with E-state index in [1.165, 1.54) is 4.80 Å². The van der Waals surface area contributed by atoms with Gasteiger partial charge in [0.15, 0.2) is 6.04 Å². The quantitative estimate of drug-likeness (QED) is 0.612. The molecule has 1 amide bonds. The van der Waals surface area contributed by atoms with Gasteiger partial charge in [-0.25, -0.2) is 0 Å². The van der Waals surface area contributed by atoms with Crippen LogP contribution in [-0.4, -0.2) is 42.4 Å². The number of aromatic nitrogens is 6. The van der Waals surface area contributed by atoms with E-state index in [0.717, 1.165) is 18.5 Å². The second kappa shape index (κ2) is 8.57. The van der Waals surface area contributed by atoms with Crippen LogP contribution < -0.4 is 5.32 Å². The van der Waals surface area contributed by atoms with Crippen LogP contribution in [0, 0.1) is 0 Å². The van der Waals surface area contributed by atoms with Gasteiger partial charge in [-0.1, -0.05) is 18.5 Å². The Morgan fingerprint density at radius 3 is 2.81 bits per heavy atom. The van der Waals surface area contributed by atoms with Crippen molar-refractivity contribution < 1.29 is 4.79 Å². The number of carbonyl (C=O) groups excluding carboxylic acids is 1. The van der Waals surface area contributed by atoms with Gasteiger partial charge in [-0.3, -0.25) is 9.48 Å². The Bertz CT molecular complexity index is 829. The summed E-state index contributed by atoms with van der Waals surface area (Å²) in [6.45, 7) is 3.24. The molecule has 2 aromatic heterocycles. The van der Waals surface area contributed by atoms with Gasteiger partial charge in [-0.15, -0.1) is 10.2 Å². The number of aryl methyl sites for hydroxylation is 1. The summed E-state index contributed by atoms with van der Waals surface area (Å²) in [5.41, 5.74) is 0.801. The van der Waals surface area contributed by atoms with Crippen LogP contribution in [0.15, 0.2) is 42.7 Å². The maximum absolute atomic E-state index is 12.4. The number of nitrogens with zero attached hydrogens (tertiary/aromatic N) is 6. The molecular weight excluding hydrogens is 354 g/mol. The van der Waals surface area contributed by atoms with Crippen LogP contribution in [0.5, 0.6) is 0 Å². The molecule has 0 fully saturated rings. The van der Waals surface area contributed by atoms with Crippen LogP contribution in [-0.2, 0) is 11.3 Å². The Hall–Kier alpha value is -2.74. The van der Waals surface area contributed by atoms with E-state index >= 15 is 0 Å². The van der Waals surface area contributed by atoms with Crippen molar-refractivity contribution in [3.05, 3.63) is 47.7 Å². The number of hydrogen-bond donors (Lipinski definition) is 1. The molecule has 2 heterocycles. The molecule has 3 rings (SSSR count). The molecule has 8 nitrogen and oxygen atoms in total. The number of rotatable bonds is 8. The predicted octanol–water partition coefficient (Wildman–Crippen LogP) is 2.35. The van der Waals surface area contributed by atoms with Gasteiger partial charge in [-0.2, -0.15) is 9.90 Å². The fourth-order valence-corrected chi connectivity index (χ4v) is 2.65. The SMILES string of the molecule is CCC(C(=O)NCCCn1cccn1)n1nnc(-c2ccc(Cl)cc2)n1. The van der Waals surface area contributed by atoms with Crippen LogP contribution in [0.3, 0.4) is 0 Å². The van der Waals surface area contributed by atoms with Gasteiger partial charge in [0.1, 0.15) is 0 Å². The highest BCUT2D eigenvalue weighted by molar-refractivity contribution is 6.30. The lowest BCUT2D eigenvalue weighted by atomic mass is 10.2. The Labute approximate surface area is 156 Å². The van der Waals surface area contributed by atoms with Crippen molar-refractivity contribution in [1.29, 1.82) is 0 Å². The molecular formula is C17H20ClN7O. The number of halogens is 1. The number of tetrazole rings is 1. The summed E-state index contributed by atoms with van der Waals surface area (Å²) in [7, 11) is 0. The molecule has 3 aromatic rings. The molecule has 0 spiro atoms. The van der Waals surface area contributed by atoms with Crippen molar-refractivity contribution in [2.75, 3.05) is 6.54 Å². The van der Waals surface area contributed by atoms with E-state index in [2.05, 4.69) is 25.8 Å². The number of carbonyl (C=O) groups is 1. The standard InChI is InChI=1S/C17H20ClN7O/c1-2-15(17(26)19-9-3-11-24-12-4-10-20-24)25-22-16(21-23-25)13-5-7-14(18)8-6-13/h4-8,10,12,15H,2-3,9,11H2,1H3,(H,19,26). The summed E-state index contributed by atoms with van der Waals surface area (Å²) in [4.78, 5) is 13.8. The minimum absolute atomic E-state index is 0.118. The minimum atomic E-state index is -0.492. The van der Waals surface area contributed by atoms with Gasteiger partial charge in [0.25, 0.3) is 0 Å². The van der Waals surface area contributed by atoms with E-state index in [-0.39, 0.29) is 5.91 Å². The predicted molar refractivity (Wildman–Crippen MR) is 97.4 cm³/mol. The molecule has 0 bridgehead atoms. The lowest BCUT2D eigenvalue weighted by molar-refractivity contribution is -0.125. The third-order valence-corrected chi connectivity index (χ3v) is 4.17. The van der Waals surface area contributed by atoms with E-state index in [1.807, 2.05) is 36.0 Å². The van der Waals surface area contributed by atoms with Gasteiger partial charge < -0.3 is 5.32 Å². The van der Waals surface area contributed by atoms with Crippen molar-refractivity contribution in [3.63, 3.8) is 0 Å². The van der Waals surface area contributed by atoms with E-state index in [1.54, 1.807) is 18.3 Å². The molecule has 0 aliphatic carbocycles. The second-order valence-electron chi connectivity index (χ2n) is 5.78. The molecule has 0 saturated heterocycles. The van der Waals surface area contributed by atoms with Crippen molar-refractivity contribution in [2.45, 2.75) is 32.4 Å². The number of benzene rings is 1.